The molecule has 3 N–H and O–H groups in total. The molecule has 0 rings (SSSR count). The van der Waals surface area contributed by atoms with Crippen LogP contribution in [0.15, 0.2) is 0 Å². The minimum absolute atomic E-state index is 0.103. The molecule has 0 heterocycles. The van der Waals surface area contributed by atoms with E-state index in [0.717, 1.165) is 114 Å². The molecule has 0 aromatic rings. The number of phosphoric ester groups is 2. The number of aliphatic hydroxyl groups excluding tert-OH is 1. The van der Waals surface area contributed by atoms with Crippen LogP contribution in [-0.4, -0.2) is 96.7 Å². The van der Waals surface area contributed by atoms with E-state index >= 15 is 0 Å². The maximum atomic E-state index is 13.0. The molecule has 0 saturated carbocycles. The van der Waals surface area contributed by atoms with Crippen LogP contribution in [0.25, 0.3) is 0 Å². The Kier molecular flexibility index (Phi) is 55.0. The van der Waals surface area contributed by atoms with E-state index in [1.807, 2.05) is 0 Å². The summed E-state index contributed by atoms with van der Waals surface area (Å²) in [5.41, 5.74) is 0. The number of phosphoric acid groups is 2. The van der Waals surface area contributed by atoms with E-state index in [1.165, 1.54) is 122 Å². The lowest BCUT2D eigenvalue weighted by atomic mass is 9.99. The van der Waals surface area contributed by atoms with Gasteiger partial charge in [0, 0.05) is 25.7 Å². The van der Waals surface area contributed by atoms with E-state index in [1.54, 1.807) is 0 Å². The predicted octanol–water partition coefficient (Wildman–Crippen LogP) is 17.9. The third-order valence-corrected chi connectivity index (χ3v) is 17.1. The molecule has 0 amide bonds. The van der Waals surface area contributed by atoms with Gasteiger partial charge in [-0.1, -0.05) is 267 Å². The zero-order chi connectivity index (χ0) is 62.4. The van der Waals surface area contributed by atoms with Crippen LogP contribution >= 0.6 is 15.6 Å². The Bertz CT molecular complexity index is 1670. The summed E-state index contributed by atoms with van der Waals surface area (Å²) in [5.74, 6) is 0.137. The number of hydrogen-bond donors (Lipinski definition) is 3. The van der Waals surface area contributed by atoms with Gasteiger partial charge in [0.1, 0.15) is 19.3 Å². The van der Waals surface area contributed by atoms with Crippen molar-refractivity contribution in [2.75, 3.05) is 39.6 Å². The van der Waals surface area contributed by atoms with Crippen LogP contribution in [0.5, 0.6) is 0 Å². The Labute approximate surface area is 511 Å². The minimum atomic E-state index is -4.95. The second-order valence-electron chi connectivity index (χ2n) is 24.7. The van der Waals surface area contributed by atoms with E-state index in [2.05, 4.69) is 48.5 Å². The fourth-order valence-corrected chi connectivity index (χ4v) is 11.2. The van der Waals surface area contributed by atoms with Gasteiger partial charge >= 0.3 is 39.5 Å². The molecule has 3 unspecified atom stereocenters. The molecule has 19 heteroatoms. The molecule has 0 aliphatic carbocycles. The molecule has 0 radical (unpaired) electrons. The maximum Gasteiger partial charge on any atom is 0.472 e. The summed E-state index contributed by atoms with van der Waals surface area (Å²) in [6.07, 6.45) is 37.9. The largest absolute Gasteiger partial charge is 0.472 e. The van der Waals surface area contributed by atoms with Crippen molar-refractivity contribution in [3.8, 4) is 0 Å². The highest BCUT2D eigenvalue weighted by Crippen LogP contribution is 2.45. The fourth-order valence-electron chi connectivity index (χ4n) is 9.62. The van der Waals surface area contributed by atoms with Gasteiger partial charge in [0.25, 0.3) is 0 Å². The van der Waals surface area contributed by atoms with Crippen LogP contribution in [-0.2, 0) is 65.4 Å². The van der Waals surface area contributed by atoms with Gasteiger partial charge in [0.2, 0.25) is 0 Å². The van der Waals surface area contributed by atoms with Gasteiger partial charge in [0.15, 0.2) is 12.2 Å². The van der Waals surface area contributed by atoms with Gasteiger partial charge in [-0.05, 0) is 43.4 Å². The molecule has 0 bridgehead atoms. The van der Waals surface area contributed by atoms with Crippen molar-refractivity contribution >= 4 is 39.5 Å². The van der Waals surface area contributed by atoms with E-state index in [-0.39, 0.29) is 25.7 Å². The van der Waals surface area contributed by atoms with Crippen molar-refractivity contribution < 1.29 is 80.2 Å². The first kappa shape index (κ1) is 82.1. The lowest BCUT2D eigenvalue weighted by Gasteiger charge is -2.21. The zero-order valence-electron chi connectivity index (χ0n) is 54.4. The molecule has 17 nitrogen and oxygen atoms in total. The van der Waals surface area contributed by atoms with Crippen molar-refractivity contribution in [1.29, 1.82) is 0 Å². The number of unbranched alkanes of at least 4 members (excludes halogenated alkanes) is 30. The summed E-state index contributed by atoms with van der Waals surface area (Å²) >= 11 is 0. The summed E-state index contributed by atoms with van der Waals surface area (Å²) in [6, 6.07) is 0. The predicted molar refractivity (Wildman–Crippen MR) is 335 cm³/mol. The summed E-state index contributed by atoms with van der Waals surface area (Å²) in [7, 11) is -9.88. The third-order valence-electron chi connectivity index (χ3n) is 15.2. The lowest BCUT2D eigenvalue weighted by Crippen LogP contribution is -2.30. The highest BCUT2D eigenvalue weighted by atomic mass is 31.2. The summed E-state index contributed by atoms with van der Waals surface area (Å²) in [6.45, 7) is 11.7. The lowest BCUT2D eigenvalue weighted by molar-refractivity contribution is -0.161. The monoisotopic (exact) mass is 1240 g/mol. The first-order valence-electron chi connectivity index (χ1n) is 33.9. The summed E-state index contributed by atoms with van der Waals surface area (Å²) in [5, 5.41) is 10.5. The smallest absolute Gasteiger partial charge is 0.462 e. The van der Waals surface area contributed by atoms with Crippen LogP contribution in [0.4, 0.5) is 0 Å². The molecule has 0 fully saturated rings. The molecular formula is C65H126O17P2. The van der Waals surface area contributed by atoms with Gasteiger partial charge in [0.05, 0.1) is 26.4 Å². The zero-order valence-corrected chi connectivity index (χ0v) is 56.1. The van der Waals surface area contributed by atoms with Crippen molar-refractivity contribution in [3.05, 3.63) is 0 Å². The SMILES string of the molecule is CCCCCCCC(=O)OC[C@H](COP(=O)(O)OC[C@H](O)COP(=O)(O)OC[C@@H](COC(=O)CCCCCCCCCCC(C)CC)OC(=O)CCCCCCCCCCCCCCCC(C)C)OC(=O)CCCCCCCCCCC(C)C. The number of carbonyl (C=O) groups is 4. The Morgan fingerprint density at radius 2 is 0.607 bits per heavy atom. The number of ether oxygens (including phenoxy) is 4. The van der Waals surface area contributed by atoms with Gasteiger partial charge in [-0.15, -0.1) is 0 Å². The maximum absolute atomic E-state index is 13.0. The second-order valence-corrected chi connectivity index (χ2v) is 27.6. The van der Waals surface area contributed by atoms with Crippen molar-refractivity contribution in [2.24, 2.45) is 17.8 Å². The molecule has 0 spiro atoms. The van der Waals surface area contributed by atoms with Crippen LogP contribution in [0.1, 0.15) is 318 Å². The second kappa shape index (κ2) is 56.3. The Morgan fingerprint density at radius 3 is 0.905 bits per heavy atom. The highest BCUT2D eigenvalue weighted by Gasteiger charge is 2.30. The van der Waals surface area contributed by atoms with Gasteiger partial charge in [-0.3, -0.25) is 37.3 Å². The molecule has 0 aromatic heterocycles. The number of esters is 4. The summed E-state index contributed by atoms with van der Waals surface area (Å²) < 4.78 is 67.9. The van der Waals surface area contributed by atoms with E-state index in [4.69, 9.17) is 37.0 Å². The normalized spacial score (nSPS) is 14.7. The van der Waals surface area contributed by atoms with Gasteiger partial charge < -0.3 is 33.8 Å². The number of rotatable bonds is 63. The molecule has 0 aliphatic rings. The van der Waals surface area contributed by atoms with Gasteiger partial charge in [-0.25, -0.2) is 9.13 Å². The molecular weight excluding hydrogens is 1110 g/mol. The van der Waals surface area contributed by atoms with Crippen LogP contribution in [0.2, 0.25) is 0 Å². The molecule has 0 saturated heterocycles. The first-order valence-corrected chi connectivity index (χ1v) is 36.9. The number of hydrogen-bond acceptors (Lipinski definition) is 15. The van der Waals surface area contributed by atoms with Crippen LogP contribution in [0, 0.1) is 17.8 Å². The number of aliphatic hydroxyl groups is 1. The third kappa shape index (κ3) is 57.8. The molecule has 6 atom stereocenters. The average molecular weight is 1240 g/mol. The van der Waals surface area contributed by atoms with E-state index < -0.39 is 97.5 Å². The first-order chi connectivity index (χ1) is 40.3. The van der Waals surface area contributed by atoms with Crippen molar-refractivity contribution in [1.82, 2.24) is 0 Å². The number of carbonyl (C=O) groups excluding carboxylic acids is 4. The van der Waals surface area contributed by atoms with E-state index in [9.17, 15) is 43.2 Å². The van der Waals surface area contributed by atoms with Crippen LogP contribution < -0.4 is 0 Å². The topological polar surface area (TPSA) is 237 Å². The minimum Gasteiger partial charge on any atom is -0.462 e. The van der Waals surface area contributed by atoms with Crippen molar-refractivity contribution in [3.63, 3.8) is 0 Å². The fraction of sp³-hybridized carbons (Fsp3) is 0.938. The highest BCUT2D eigenvalue weighted by molar-refractivity contribution is 7.47. The Morgan fingerprint density at radius 1 is 0.345 bits per heavy atom. The molecule has 84 heavy (non-hydrogen) atoms. The molecule has 0 aromatic carbocycles. The standard InChI is InChI=1S/C65H126O17P2/c1-8-10-11-29-39-46-62(67)75-52-60(81-65(70)49-42-35-28-21-19-24-31-37-44-57(5)6)54-79-83(71,72)77-50-59(66)51-78-84(73,74)80-55-61(53-76-63(68)47-40-33-26-22-20-25-32-38-45-58(7)9-2)82-64(69)48-41-34-27-18-16-14-12-13-15-17-23-30-36-43-56(3)4/h56-61,66H,8-55H2,1-7H3,(H,71,72)(H,73,74)/t58?,59-,60+,61+/m0/s1. The van der Waals surface area contributed by atoms with E-state index in [0.29, 0.717) is 25.7 Å². The average Bonchev–Trinajstić information content (AvgIpc) is 3.59. The van der Waals surface area contributed by atoms with Crippen LogP contribution in [0.3, 0.4) is 0 Å². The Hall–Kier alpha value is -1.94. The molecule has 0 aliphatic heterocycles. The molecule has 498 valence electrons. The quantitative estimate of drug-likeness (QED) is 0.0222. The summed E-state index contributed by atoms with van der Waals surface area (Å²) in [4.78, 5) is 72.0. The van der Waals surface area contributed by atoms with Crippen molar-refractivity contribution in [2.45, 2.75) is 336 Å². The Balaban J connectivity index is 5.18. The van der Waals surface area contributed by atoms with Gasteiger partial charge in [-0.2, -0.15) is 0 Å².